The quantitative estimate of drug-likeness (QED) is 0.765. The van der Waals surface area contributed by atoms with E-state index in [1.54, 1.807) is 13.3 Å². The molecule has 21 heavy (non-hydrogen) atoms. The Hall–Kier alpha value is -2.30. The van der Waals surface area contributed by atoms with Crippen LogP contribution >= 0.6 is 0 Å². The number of carbonyl (C=O) groups is 1. The molecular formula is C16H20N2O3. The molecule has 0 atom stereocenters. The third kappa shape index (κ3) is 3.42. The molecule has 0 aliphatic rings. The van der Waals surface area contributed by atoms with Crippen molar-refractivity contribution in [2.45, 2.75) is 13.3 Å². The molecule has 0 amide bonds. The van der Waals surface area contributed by atoms with E-state index < -0.39 is 0 Å². The Kier molecular flexibility index (Phi) is 4.98. The minimum absolute atomic E-state index is 0.216. The maximum absolute atomic E-state index is 11.3. The Morgan fingerprint density at radius 1 is 1.29 bits per heavy atom. The topological polar surface area (TPSA) is 51.7 Å². The molecule has 5 nitrogen and oxygen atoms in total. The zero-order valence-electron chi connectivity index (χ0n) is 12.6. The van der Waals surface area contributed by atoms with E-state index >= 15 is 0 Å². The number of ether oxygens (including phenoxy) is 2. The summed E-state index contributed by atoms with van der Waals surface area (Å²) in [6.07, 6.45) is 2.12. The minimum atomic E-state index is -0.216. The molecule has 0 unspecified atom stereocenters. The lowest BCUT2D eigenvalue weighted by atomic mass is 10.1. The highest BCUT2D eigenvalue weighted by Crippen LogP contribution is 2.28. The van der Waals surface area contributed by atoms with Crippen LogP contribution < -0.4 is 9.64 Å². The Morgan fingerprint density at radius 2 is 2.10 bits per heavy atom. The first-order valence-corrected chi connectivity index (χ1v) is 6.94. The lowest BCUT2D eigenvalue weighted by Gasteiger charge is -2.23. The maximum Gasteiger partial charge on any atom is 0.307 e. The summed E-state index contributed by atoms with van der Waals surface area (Å²) in [6.45, 7) is 3.38. The monoisotopic (exact) mass is 288 g/mol. The second-order valence-corrected chi connectivity index (χ2v) is 4.63. The molecule has 0 aliphatic carbocycles. The largest absolute Gasteiger partial charge is 0.497 e. The lowest BCUT2D eigenvalue weighted by molar-refractivity contribution is -0.140. The van der Waals surface area contributed by atoms with E-state index in [0.29, 0.717) is 13.0 Å². The number of esters is 1. The van der Waals surface area contributed by atoms with Crippen molar-refractivity contribution in [3.8, 4) is 5.75 Å². The first-order valence-electron chi connectivity index (χ1n) is 6.94. The third-order valence-corrected chi connectivity index (χ3v) is 3.45. The average Bonchev–Trinajstić information content (AvgIpc) is 2.54. The van der Waals surface area contributed by atoms with Crippen molar-refractivity contribution in [3.63, 3.8) is 0 Å². The van der Waals surface area contributed by atoms with E-state index in [2.05, 4.69) is 9.88 Å². The third-order valence-electron chi connectivity index (χ3n) is 3.45. The smallest absolute Gasteiger partial charge is 0.307 e. The van der Waals surface area contributed by atoms with E-state index in [4.69, 9.17) is 9.47 Å². The van der Waals surface area contributed by atoms with Crippen molar-refractivity contribution in [1.82, 2.24) is 4.98 Å². The van der Waals surface area contributed by atoms with Crippen molar-refractivity contribution in [2.24, 2.45) is 0 Å². The number of hydrogen-bond acceptors (Lipinski definition) is 5. The van der Waals surface area contributed by atoms with E-state index in [0.717, 1.165) is 28.9 Å². The van der Waals surface area contributed by atoms with Gasteiger partial charge in [-0.3, -0.25) is 4.79 Å². The highest BCUT2D eigenvalue weighted by atomic mass is 16.5. The molecule has 0 aliphatic heterocycles. The molecule has 1 aromatic heterocycles. The first-order chi connectivity index (χ1) is 10.2. The summed E-state index contributed by atoms with van der Waals surface area (Å²) in [6, 6.07) is 7.87. The highest BCUT2D eigenvalue weighted by Gasteiger charge is 2.12. The van der Waals surface area contributed by atoms with Crippen molar-refractivity contribution in [2.75, 3.05) is 32.2 Å². The molecule has 1 aromatic carbocycles. The SMILES string of the molecule is CCN(CCC(=O)OC)c1nccc2ccc(OC)cc12. The number of benzene rings is 1. The number of rotatable bonds is 6. The van der Waals surface area contributed by atoms with Crippen molar-refractivity contribution >= 4 is 22.6 Å². The van der Waals surface area contributed by atoms with E-state index in [1.807, 2.05) is 31.2 Å². The van der Waals surface area contributed by atoms with Gasteiger partial charge in [0.15, 0.2) is 0 Å². The number of fused-ring (bicyclic) bond motifs is 1. The molecule has 0 spiro atoms. The summed E-state index contributed by atoms with van der Waals surface area (Å²) in [5.74, 6) is 1.44. The number of pyridine rings is 1. The summed E-state index contributed by atoms with van der Waals surface area (Å²) in [7, 11) is 3.05. The average molecular weight is 288 g/mol. The van der Waals surface area contributed by atoms with Gasteiger partial charge in [0.2, 0.25) is 0 Å². The molecule has 2 aromatic rings. The maximum atomic E-state index is 11.3. The van der Waals surface area contributed by atoms with Gasteiger partial charge in [-0.25, -0.2) is 4.98 Å². The van der Waals surface area contributed by atoms with Crippen LogP contribution in [0.3, 0.4) is 0 Å². The van der Waals surface area contributed by atoms with Gasteiger partial charge in [0.25, 0.3) is 0 Å². The Labute approximate surface area is 124 Å². The second kappa shape index (κ2) is 6.92. The summed E-state index contributed by atoms with van der Waals surface area (Å²) in [5, 5.41) is 2.11. The zero-order chi connectivity index (χ0) is 15.2. The molecule has 5 heteroatoms. The molecule has 0 bridgehead atoms. The molecule has 0 saturated heterocycles. The molecule has 1 heterocycles. The molecule has 0 radical (unpaired) electrons. The Bertz CT molecular complexity index is 628. The number of hydrogen-bond donors (Lipinski definition) is 0. The number of anilines is 1. The molecule has 0 saturated carbocycles. The number of nitrogens with zero attached hydrogens (tertiary/aromatic N) is 2. The van der Waals surface area contributed by atoms with Crippen LogP contribution in [0.2, 0.25) is 0 Å². The fourth-order valence-electron chi connectivity index (χ4n) is 2.25. The summed E-state index contributed by atoms with van der Waals surface area (Å²) < 4.78 is 9.98. The van der Waals surface area contributed by atoms with Crippen LogP contribution in [0.15, 0.2) is 30.5 Å². The number of methoxy groups -OCH3 is 2. The van der Waals surface area contributed by atoms with Gasteiger partial charge in [-0.2, -0.15) is 0 Å². The highest BCUT2D eigenvalue weighted by molar-refractivity contribution is 5.93. The van der Waals surface area contributed by atoms with Gasteiger partial charge in [-0.1, -0.05) is 6.07 Å². The number of carbonyl (C=O) groups excluding carboxylic acids is 1. The predicted octanol–water partition coefficient (Wildman–Crippen LogP) is 2.63. The van der Waals surface area contributed by atoms with Crippen molar-refractivity contribution in [1.29, 1.82) is 0 Å². The van der Waals surface area contributed by atoms with E-state index in [1.165, 1.54) is 7.11 Å². The van der Waals surface area contributed by atoms with E-state index in [9.17, 15) is 4.79 Å². The van der Waals surface area contributed by atoms with Gasteiger partial charge < -0.3 is 14.4 Å². The van der Waals surface area contributed by atoms with Gasteiger partial charge in [0.05, 0.1) is 20.6 Å². The molecular weight excluding hydrogens is 268 g/mol. The van der Waals surface area contributed by atoms with Gasteiger partial charge in [0.1, 0.15) is 11.6 Å². The van der Waals surface area contributed by atoms with Crippen LogP contribution in [0.25, 0.3) is 10.8 Å². The minimum Gasteiger partial charge on any atom is -0.497 e. The fraction of sp³-hybridized carbons (Fsp3) is 0.375. The van der Waals surface area contributed by atoms with Gasteiger partial charge in [-0.05, 0) is 30.5 Å². The van der Waals surface area contributed by atoms with Crippen LogP contribution in [-0.2, 0) is 9.53 Å². The summed E-state index contributed by atoms with van der Waals surface area (Å²) >= 11 is 0. The Morgan fingerprint density at radius 3 is 2.76 bits per heavy atom. The van der Waals surface area contributed by atoms with Crippen LogP contribution in [0, 0.1) is 0 Å². The summed E-state index contributed by atoms with van der Waals surface area (Å²) in [5.41, 5.74) is 0. The van der Waals surface area contributed by atoms with E-state index in [-0.39, 0.29) is 5.97 Å². The van der Waals surface area contributed by atoms with Crippen LogP contribution in [0.1, 0.15) is 13.3 Å². The second-order valence-electron chi connectivity index (χ2n) is 4.63. The number of aromatic nitrogens is 1. The Balaban J connectivity index is 2.35. The molecule has 0 N–H and O–H groups in total. The fourth-order valence-corrected chi connectivity index (χ4v) is 2.25. The van der Waals surface area contributed by atoms with Gasteiger partial charge in [0, 0.05) is 24.7 Å². The molecule has 2 rings (SSSR count). The van der Waals surface area contributed by atoms with Gasteiger partial charge >= 0.3 is 5.97 Å². The molecule has 112 valence electrons. The summed E-state index contributed by atoms with van der Waals surface area (Å²) in [4.78, 5) is 17.9. The van der Waals surface area contributed by atoms with Crippen LogP contribution in [-0.4, -0.2) is 38.3 Å². The zero-order valence-corrected chi connectivity index (χ0v) is 12.6. The first kappa shape index (κ1) is 15.1. The van der Waals surface area contributed by atoms with Gasteiger partial charge in [-0.15, -0.1) is 0 Å². The normalized spacial score (nSPS) is 10.4. The van der Waals surface area contributed by atoms with Crippen molar-refractivity contribution < 1.29 is 14.3 Å². The van der Waals surface area contributed by atoms with Crippen LogP contribution in [0.5, 0.6) is 5.75 Å². The molecule has 0 fully saturated rings. The standard InChI is InChI=1S/C16H20N2O3/c1-4-18(10-8-15(19)21-3)16-14-11-13(20-2)6-5-12(14)7-9-17-16/h5-7,9,11H,4,8,10H2,1-3H3. The lowest BCUT2D eigenvalue weighted by Crippen LogP contribution is -2.27. The van der Waals surface area contributed by atoms with Crippen molar-refractivity contribution in [3.05, 3.63) is 30.5 Å². The van der Waals surface area contributed by atoms with Crippen LogP contribution in [0.4, 0.5) is 5.82 Å². The predicted molar refractivity (Wildman–Crippen MR) is 82.8 cm³/mol.